The number of piperidine rings is 1. The summed E-state index contributed by atoms with van der Waals surface area (Å²) in [5.41, 5.74) is 0.661. The zero-order chi connectivity index (χ0) is 16.8. The van der Waals surface area contributed by atoms with Crippen LogP contribution in [0.15, 0.2) is 18.2 Å². The van der Waals surface area contributed by atoms with Crippen molar-refractivity contribution in [1.29, 1.82) is 0 Å². The van der Waals surface area contributed by atoms with Crippen LogP contribution in [0.3, 0.4) is 0 Å². The van der Waals surface area contributed by atoms with Crippen LogP contribution in [-0.4, -0.2) is 64.0 Å². The number of likely N-dealkylation sites (tertiary alicyclic amines) is 1. The van der Waals surface area contributed by atoms with Crippen molar-refractivity contribution < 1.29 is 23.7 Å². The van der Waals surface area contributed by atoms with E-state index in [2.05, 4.69) is 0 Å². The van der Waals surface area contributed by atoms with Crippen molar-refractivity contribution in [3.05, 3.63) is 23.8 Å². The molecule has 1 aromatic rings. The van der Waals surface area contributed by atoms with E-state index in [0.717, 1.165) is 32.5 Å². The van der Waals surface area contributed by atoms with E-state index in [9.17, 15) is 4.79 Å². The van der Waals surface area contributed by atoms with Gasteiger partial charge in [0.1, 0.15) is 13.2 Å². The molecule has 24 heavy (non-hydrogen) atoms. The fourth-order valence-corrected chi connectivity index (χ4v) is 3.05. The van der Waals surface area contributed by atoms with Gasteiger partial charge in [0.2, 0.25) is 0 Å². The average Bonchev–Trinajstić information content (AvgIpc) is 2.65. The van der Waals surface area contributed by atoms with E-state index in [1.54, 1.807) is 13.2 Å². The number of hydrogen-bond donors (Lipinski definition) is 0. The Balaban J connectivity index is 1.50. The van der Waals surface area contributed by atoms with Gasteiger partial charge in [-0.15, -0.1) is 0 Å². The predicted octanol–water partition coefficient (Wildman–Crippen LogP) is 1.97. The zero-order valence-corrected chi connectivity index (χ0v) is 14.2. The highest BCUT2D eigenvalue weighted by Gasteiger charge is 2.25. The number of benzene rings is 1. The van der Waals surface area contributed by atoms with Crippen LogP contribution >= 0.6 is 0 Å². The zero-order valence-electron chi connectivity index (χ0n) is 14.2. The molecular weight excluding hydrogens is 310 g/mol. The molecular formula is C18H25NO5. The molecule has 0 unspecified atom stereocenters. The van der Waals surface area contributed by atoms with Gasteiger partial charge in [-0.25, -0.2) is 0 Å². The van der Waals surface area contributed by atoms with E-state index < -0.39 is 0 Å². The van der Waals surface area contributed by atoms with Gasteiger partial charge in [-0.05, 0) is 37.0 Å². The van der Waals surface area contributed by atoms with Gasteiger partial charge in [-0.3, -0.25) is 4.79 Å². The maximum atomic E-state index is 12.7. The van der Waals surface area contributed by atoms with Crippen molar-refractivity contribution in [2.45, 2.75) is 12.8 Å². The van der Waals surface area contributed by atoms with Gasteiger partial charge < -0.3 is 23.8 Å². The smallest absolute Gasteiger partial charge is 0.253 e. The van der Waals surface area contributed by atoms with Crippen LogP contribution in [0.2, 0.25) is 0 Å². The van der Waals surface area contributed by atoms with E-state index in [0.29, 0.717) is 49.4 Å². The first-order chi connectivity index (χ1) is 11.8. The third kappa shape index (κ3) is 4.19. The van der Waals surface area contributed by atoms with Crippen molar-refractivity contribution in [2.75, 3.05) is 53.2 Å². The molecule has 1 saturated heterocycles. The molecule has 0 aromatic heterocycles. The molecule has 0 N–H and O–H groups in total. The van der Waals surface area contributed by atoms with E-state index >= 15 is 0 Å². The highest BCUT2D eigenvalue weighted by molar-refractivity contribution is 5.95. The molecule has 0 spiro atoms. The summed E-state index contributed by atoms with van der Waals surface area (Å²) in [7, 11) is 1.67. The number of ether oxygens (including phenoxy) is 4. The number of amides is 1. The summed E-state index contributed by atoms with van der Waals surface area (Å²) in [6.07, 6.45) is 1.95. The van der Waals surface area contributed by atoms with E-state index in [1.165, 1.54) is 0 Å². The number of rotatable bonds is 6. The lowest BCUT2D eigenvalue weighted by molar-refractivity contribution is 0.0327. The minimum absolute atomic E-state index is 0.0609. The van der Waals surface area contributed by atoms with Gasteiger partial charge in [0.25, 0.3) is 5.91 Å². The molecule has 0 radical (unpaired) electrons. The van der Waals surface area contributed by atoms with E-state index in [1.807, 2.05) is 17.0 Å². The molecule has 6 heteroatoms. The van der Waals surface area contributed by atoms with Crippen molar-refractivity contribution in [1.82, 2.24) is 4.90 Å². The summed E-state index contributed by atoms with van der Waals surface area (Å²) in [6.45, 7) is 4.63. The first kappa shape index (κ1) is 17.0. The standard InChI is InChI=1S/C18H25NO5/c1-21-8-9-22-13-14-4-6-19(7-5-14)18(20)15-2-3-16-17(12-15)24-11-10-23-16/h2-3,12,14H,4-11,13H2,1H3. The number of hydrogen-bond acceptors (Lipinski definition) is 5. The Labute approximate surface area is 142 Å². The minimum Gasteiger partial charge on any atom is -0.486 e. The summed E-state index contributed by atoms with van der Waals surface area (Å²) in [6, 6.07) is 5.42. The molecule has 1 aromatic carbocycles. The summed E-state index contributed by atoms with van der Waals surface area (Å²) >= 11 is 0. The van der Waals surface area contributed by atoms with Gasteiger partial charge in [0.15, 0.2) is 11.5 Å². The maximum Gasteiger partial charge on any atom is 0.253 e. The van der Waals surface area contributed by atoms with Gasteiger partial charge in [0, 0.05) is 32.4 Å². The number of carbonyl (C=O) groups excluding carboxylic acids is 1. The largest absolute Gasteiger partial charge is 0.486 e. The molecule has 0 atom stereocenters. The molecule has 2 aliphatic heterocycles. The third-order valence-electron chi connectivity index (χ3n) is 4.48. The summed E-state index contributed by atoms with van der Waals surface area (Å²) < 4.78 is 21.6. The molecule has 3 rings (SSSR count). The Bertz CT molecular complexity index is 554. The lowest BCUT2D eigenvalue weighted by atomic mass is 9.97. The Hall–Kier alpha value is -1.79. The fourth-order valence-electron chi connectivity index (χ4n) is 3.05. The van der Waals surface area contributed by atoms with Crippen molar-refractivity contribution in [3.8, 4) is 11.5 Å². The van der Waals surface area contributed by atoms with Crippen LogP contribution in [0.25, 0.3) is 0 Å². The van der Waals surface area contributed by atoms with Crippen LogP contribution in [0.1, 0.15) is 23.2 Å². The number of carbonyl (C=O) groups is 1. The first-order valence-electron chi connectivity index (χ1n) is 8.53. The van der Waals surface area contributed by atoms with Crippen LogP contribution in [-0.2, 0) is 9.47 Å². The van der Waals surface area contributed by atoms with Crippen LogP contribution in [0.4, 0.5) is 0 Å². The Morgan fingerprint density at radius 3 is 2.67 bits per heavy atom. The number of fused-ring (bicyclic) bond motifs is 1. The molecule has 1 fully saturated rings. The summed E-state index contributed by atoms with van der Waals surface area (Å²) in [4.78, 5) is 14.6. The molecule has 0 bridgehead atoms. The van der Waals surface area contributed by atoms with Crippen molar-refractivity contribution in [3.63, 3.8) is 0 Å². The summed E-state index contributed by atoms with van der Waals surface area (Å²) in [5, 5.41) is 0. The molecule has 1 amide bonds. The molecule has 2 heterocycles. The second-order valence-electron chi connectivity index (χ2n) is 6.16. The van der Waals surface area contributed by atoms with Crippen LogP contribution < -0.4 is 9.47 Å². The van der Waals surface area contributed by atoms with Crippen molar-refractivity contribution in [2.24, 2.45) is 5.92 Å². The monoisotopic (exact) mass is 335 g/mol. The Kier molecular flexibility index (Phi) is 5.93. The quantitative estimate of drug-likeness (QED) is 0.744. The second-order valence-corrected chi connectivity index (χ2v) is 6.16. The van der Waals surface area contributed by atoms with Crippen LogP contribution in [0, 0.1) is 5.92 Å². The minimum atomic E-state index is 0.0609. The average molecular weight is 335 g/mol. The SMILES string of the molecule is COCCOCC1CCN(C(=O)c2ccc3c(c2)OCCO3)CC1. The predicted molar refractivity (Wildman–Crippen MR) is 88.8 cm³/mol. The second kappa shape index (κ2) is 8.35. The molecule has 0 aliphatic carbocycles. The van der Waals surface area contributed by atoms with Gasteiger partial charge >= 0.3 is 0 Å². The van der Waals surface area contributed by atoms with E-state index in [4.69, 9.17) is 18.9 Å². The van der Waals surface area contributed by atoms with Gasteiger partial charge in [0.05, 0.1) is 13.2 Å². The van der Waals surface area contributed by atoms with Gasteiger partial charge in [-0.1, -0.05) is 0 Å². The fraction of sp³-hybridized carbons (Fsp3) is 0.611. The lowest BCUT2D eigenvalue weighted by Gasteiger charge is -2.32. The van der Waals surface area contributed by atoms with Crippen molar-refractivity contribution >= 4 is 5.91 Å². The lowest BCUT2D eigenvalue weighted by Crippen LogP contribution is -2.39. The Morgan fingerprint density at radius 1 is 1.17 bits per heavy atom. The van der Waals surface area contributed by atoms with E-state index in [-0.39, 0.29) is 5.91 Å². The normalized spacial score (nSPS) is 17.8. The third-order valence-corrected chi connectivity index (χ3v) is 4.48. The Morgan fingerprint density at radius 2 is 1.92 bits per heavy atom. The highest BCUT2D eigenvalue weighted by atomic mass is 16.6. The molecule has 132 valence electrons. The molecule has 2 aliphatic rings. The topological polar surface area (TPSA) is 57.2 Å². The highest BCUT2D eigenvalue weighted by Crippen LogP contribution is 2.31. The molecule has 0 saturated carbocycles. The first-order valence-corrected chi connectivity index (χ1v) is 8.53. The number of nitrogens with zero attached hydrogens (tertiary/aromatic N) is 1. The van der Waals surface area contributed by atoms with Crippen LogP contribution in [0.5, 0.6) is 11.5 Å². The molecule has 6 nitrogen and oxygen atoms in total. The van der Waals surface area contributed by atoms with Gasteiger partial charge in [-0.2, -0.15) is 0 Å². The maximum absolute atomic E-state index is 12.7. The number of methoxy groups -OCH3 is 1. The summed E-state index contributed by atoms with van der Waals surface area (Å²) in [5.74, 6) is 1.95.